The minimum atomic E-state index is 0.431. The summed E-state index contributed by atoms with van der Waals surface area (Å²) in [6, 6.07) is 9.13. The third-order valence-electron chi connectivity index (χ3n) is 1.72. The van der Waals surface area contributed by atoms with E-state index < -0.39 is 0 Å². The first-order chi connectivity index (χ1) is 6.77. The molecule has 0 aromatic heterocycles. The first kappa shape index (κ1) is 10.2. The second-order valence-corrected chi connectivity index (χ2v) is 2.73. The molecular weight excluding hydrogens is 178 g/mol. The van der Waals surface area contributed by atoms with Crippen molar-refractivity contribution >= 4 is 17.9 Å². The number of benzene rings is 1. The van der Waals surface area contributed by atoms with E-state index in [-0.39, 0.29) is 0 Å². The summed E-state index contributed by atoms with van der Waals surface area (Å²) in [5.74, 6) is 0.431. The number of rotatable bonds is 4. The van der Waals surface area contributed by atoms with Crippen LogP contribution in [0.3, 0.4) is 0 Å². The van der Waals surface area contributed by atoms with E-state index in [0.29, 0.717) is 24.4 Å². The SMILES string of the molecule is CC/C(N)=N\N(C=O)c1ccccc1. The summed E-state index contributed by atoms with van der Waals surface area (Å²) in [5.41, 5.74) is 6.24. The predicted octanol–water partition coefficient (Wildman–Crippen LogP) is 1.33. The molecule has 4 heteroatoms. The van der Waals surface area contributed by atoms with Gasteiger partial charge >= 0.3 is 0 Å². The highest BCUT2D eigenvalue weighted by molar-refractivity contribution is 5.85. The van der Waals surface area contributed by atoms with Crippen LogP contribution in [0.15, 0.2) is 35.4 Å². The van der Waals surface area contributed by atoms with E-state index in [1.165, 1.54) is 5.01 Å². The zero-order valence-electron chi connectivity index (χ0n) is 8.05. The van der Waals surface area contributed by atoms with Gasteiger partial charge in [0.1, 0.15) is 5.84 Å². The average Bonchev–Trinajstić information content (AvgIpc) is 2.26. The molecule has 1 aromatic rings. The molecular formula is C10H13N3O. The van der Waals surface area contributed by atoms with Gasteiger partial charge in [-0.2, -0.15) is 5.10 Å². The van der Waals surface area contributed by atoms with Crippen molar-refractivity contribution in [2.75, 3.05) is 5.01 Å². The van der Waals surface area contributed by atoms with Crippen LogP contribution in [0.1, 0.15) is 13.3 Å². The van der Waals surface area contributed by atoms with Crippen LogP contribution >= 0.6 is 0 Å². The lowest BCUT2D eigenvalue weighted by Gasteiger charge is -2.11. The Morgan fingerprint density at radius 1 is 1.50 bits per heavy atom. The molecule has 2 N–H and O–H groups in total. The number of hydrazone groups is 1. The van der Waals surface area contributed by atoms with Gasteiger partial charge in [-0.05, 0) is 12.1 Å². The van der Waals surface area contributed by atoms with Crippen LogP contribution in [0.4, 0.5) is 5.69 Å². The maximum absolute atomic E-state index is 10.7. The summed E-state index contributed by atoms with van der Waals surface area (Å²) in [6.45, 7) is 1.88. The Kier molecular flexibility index (Phi) is 3.67. The van der Waals surface area contributed by atoms with Gasteiger partial charge in [0.15, 0.2) is 0 Å². The van der Waals surface area contributed by atoms with E-state index in [1.54, 1.807) is 12.1 Å². The molecule has 0 radical (unpaired) electrons. The second kappa shape index (κ2) is 5.01. The molecule has 0 unspecified atom stereocenters. The predicted molar refractivity (Wildman–Crippen MR) is 56.9 cm³/mol. The molecule has 0 saturated heterocycles. The smallest absolute Gasteiger partial charge is 0.234 e. The molecule has 1 aromatic carbocycles. The van der Waals surface area contributed by atoms with Gasteiger partial charge in [-0.25, -0.2) is 5.01 Å². The number of anilines is 1. The van der Waals surface area contributed by atoms with E-state index >= 15 is 0 Å². The minimum Gasteiger partial charge on any atom is -0.386 e. The largest absolute Gasteiger partial charge is 0.386 e. The van der Waals surface area contributed by atoms with E-state index in [9.17, 15) is 4.79 Å². The summed E-state index contributed by atoms with van der Waals surface area (Å²) in [6.07, 6.45) is 1.26. The fraction of sp³-hybridized carbons (Fsp3) is 0.200. The number of amidine groups is 1. The van der Waals surface area contributed by atoms with Crippen LogP contribution in [0, 0.1) is 0 Å². The lowest BCUT2D eigenvalue weighted by Crippen LogP contribution is -2.20. The number of nitrogens with zero attached hydrogens (tertiary/aromatic N) is 2. The van der Waals surface area contributed by atoms with Crippen LogP contribution in [0.5, 0.6) is 0 Å². The maximum Gasteiger partial charge on any atom is 0.234 e. The molecule has 0 spiro atoms. The highest BCUT2D eigenvalue weighted by Gasteiger charge is 2.01. The maximum atomic E-state index is 10.7. The van der Waals surface area contributed by atoms with Crippen LogP contribution in [0.25, 0.3) is 0 Å². The van der Waals surface area contributed by atoms with Gasteiger partial charge in [-0.3, -0.25) is 4.79 Å². The third kappa shape index (κ3) is 2.58. The summed E-state index contributed by atoms with van der Waals surface area (Å²) >= 11 is 0. The quantitative estimate of drug-likeness (QED) is 0.338. The monoisotopic (exact) mass is 191 g/mol. The Morgan fingerprint density at radius 2 is 2.14 bits per heavy atom. The molecule has 0 atom stereocenters. The van der Waals surface area contributed by atoms with Crippen molar-refractivity contribution in [1.29, 1.82) is 0 Å². The first-order valence-corrected chi connectivity index (χ1v) is 4.40. The Labute approximate surface area is 83.0 Å². The topological polar surface area (TPSA) is 58.7 Å². The molecule has 0 aliphatic rings. The molecule has 0 heterocycles. The molecule has 74 valence electrons. The van der Waals surface area contributed by atoms with Crippen molar-refractivity contribution in [2.45, 2.75) is 13.3 Å². The molecule has 14 heavy (non-hydrogen) atoms. The van der Waals surface area contributed by atoms with Crippen LogP contribution in [0.2, 0.25) is 0 Å². The molecule has 0 aliphatic heterocycles. The van der Waals surface area contributed by atoms with Gasteiger partial charge < -0.3 is 5.73 Å². The van der Waals surface area contributed by atoms with Gasteiger partial charge in [0.25, 0.3) is 0 Å². The number of amides is 1. The van der Waals surface area contributed by atoms with Crippen molar-refractivity contribution < 1.29 is 4.79 Å². The Hall–Kier alpha value is -1.84. The number of hydrogen-bond acceptors (Lipinski definition) is 2. The van der Waals surface area contributed by atoms with Crippen LogP contribution in [-0.2, 0) is 4.79 Å². The summed E-state index contributed by atoms with van der Waals surface area (Å²) < 4.78 is 0. The fourth-order valence-electron chi connectivity index (χ4n) is 0.932. The number of hydrogen-bond donors (Lipinski definition) is 1. The number of para-hydroxylation sites is 1. The van der Waals surface area contributed by atoms with E-state index in [4.69, 9.17) is 5.73 Å². The molecule has 0 bridgehead atoms. The molecule has 0 aliphatic carbocycles. The summed E-state index contributed by atoms with van der Waals surface area (Å²) in [4.78, 5) is 10.7. The zero-order valence-corrected chi connectivity index (χ0v) is 8.05. The van der Waals surface area contributed by atoms with E-state index in [0.717, 1.165) is 0 Å². The molecule has 0 saturated carbocycles. The lowest BCUT2D eigenvalue weighted by molar-refractivity contribution is -0.107. The van der Waals surface area contributed by atoms with Crippen LogP contribution < -0.4 is 10.7 Å². The molecule has 1 amide bonds. The lowest BCUT2D eigenvalue weighted by atomic mass is 10.3. The van der Waals surface area contributed by atoms with Gasteiger partial charge in [0, 0.05) is 6.42 Å². The van der Waals surface area contributed by atoms with Crippen molar-refractivity contribution in [3.05, 3.63) is 30.3 Å². The van der Waals surface area contributed by atoms with Crippen LogP contribution in [-0.4, -0.2) is 12.2 Å². The Morgan fingerprint density at radius 3 is 2.64 bits per heavy atom. The van der Waals surface area contributed by atoms with Gasteiger partial charge in [0.05, 0.1) is 5.69 Å². The van der Waals surface area contributed by atoms with E-state index in [1.807, 2.05) is 25.1 Å². The minimum absolute atomic E-state index is 0.431. The van der Waals surface area contributed by atoms with Crippen molar-refractivity contribution in [3.63, 3.8) is 0 Å². The Balaban J connectivity index is 2.88. The van der Waals surface area contributed by atoms with Crippen molar-refractivity contribution in [3.8, 4) is 0 Å². The van der Waals surface area contributed by atoms with E-state index in [2.05, 4.69) is 5.10 Å². The fourth-order valence-corrected chi connectivity index (χ4v) is 0.932. The van der Waals surface area contributed by atoms with Crippen molar-refractivity contribution in [2.24, 2.45) is 10.8 Å². The standard InChI is InChI=1S/C10H13N3O/c1-2-10(11)12-13(8-14)9-6-4-3-5-7-9/h3-8H,2H2,1H3,(H2,11,12). The van der Waals surface area contributed by atoms with Gasteiger partial charge in [0.2, 0.25) is 6.41 Å². The number of carbonyl (C=O) groups is 1. The third-order valence-corrected chi connectivity index (χ3v) is 1.72. The Bertz CT molecular complexity index is 321. The highest BCUT2D eigenvalue weighted by atomic mass is 16.1. The van der Waals surface area contributed by atoms with Crippen molar-refractivity contribution in [1.82, 2.24) is 0 Å². The average molecular weight is 191 g/mol. The zero-order chi connectivity index (χ0) is 10.4. The first-order valence-electron chi connectivity index (χ1n) is 4.40. The normalized spacial score (nSPS) is 11.1. The molecule has 0 fully saturated rings. The number of nitrogens with two attached hydrogens (primary N) is 1. The molecule has 1 rings (SSSR count). The molecule has 4 nitrogen and oxygen atoms in total. The van der Waals surface area contributed by atoms with Gasteiger partial charge in [-0.15, -0.1) is 0 Å². The second-order valence-electron chi connectivity index (χ2n) is 2.73. The van der Waals surface area contributed by atoms with Gasteiger partial charge in [-0.1, -0.05) is 25.1 Å². The number of carbonyl (C=O) groups excluding carboxylic acids is 1. The highest BCUT2D eigenvalue weighted by Crippen LogP contribution is 2.11. The summed E-state index contributed by atoms with van der Waals surface area (Å²) in [5, 5.41) is 5.16. The summed E-state index contributed by atoms with van der Waals surface area (Å²) in [7, 11) is 0.